The van der Waals surface area contributed by atoms with Crippen molar-refractivity contribution in [1.29, 1.82) is 0 Å². The summed E-state index contributed by atoms with van der Waals surface area (Å²) in [7, 11) is -0.647. The van der Waals surface area contributed by atoms with Crippen LogP contribution in [0.1, 0.15) is 44.4 Å². The molecular formula is C23H29BN2O5. The van der Waals surface area contributed by atoms with Crippen molar-refractivity contribution in [2.45, 2.75) is 52.4 Å². The van der Waals surface area contributed by atoms with E-state index in [-0.39, 0.29) is 18.7 Å². The summed E-state index contributed by atoms with van der Waals surface area (Å²) < 4.78 is 17.6. The number of carbonyl (C=O) groups excluding carboxylic acids is 1. The molecule has 0 unspecified atom stereocenters. The Morgan fingerprint density at radius 1 is 1.16 bits per heavy atom. The molecule has 2 heterocycles. The number of carbonyl (C=O) groups is 1. The van der Waals surface area contributed by atoms with E-state index in [1.165, 1.54) is 6.07 Å². The molecule has 0 saturated carbocycles. The minimum atomic E-state index is -0.647. The minimum absolute atomic E-state index is 0.170. The van der Waals surface area contributed by atoms with Gasteiger partial charge in [-0.25, -0.2) is 4.79 Å². The summed E-state index contributed by atoms with van der Waals surface area (Å²) in [6.45, 7) is 10.1. The van der Waals surface area contributed by atoms with E-state index in [0.29, 0.717) is 5.47 Å². The molecule has 1 amide bonds. The Morgan fingerprint density at radius 2 is 1.81 bits per heavy atom. The number of hydrogen-bond donors (Lipinski definition) is 2. The standard InChI is InChI=1S/C23H29BN2O5/c1-16-11-20(27)25-13-18(16)12-19(24-30-22(2,3)23(4,5)31-24)14-26-21(28)29-15-17-9-7-6-8-10-17/h6-13H,14-15H2,1-5H3,(H,25,27)(H,26,28). The lowest BCUT2D eigenvalue weighted by molar-refractivity contribution is 0.00578. The monoisotopic (exact) mass is 424 g/mol. The van der Waals surface area contributed by atoms with Gasteiger partial charge in [-0.15, -0.1) is 0 Å². The van der Waals surface area contributed by atoms with Gasteiger partial charge in [-0.2, -0.15) is 0 Å². The maximum absolute atomic E-state index is 12.3. The van der Waals surface area contributed by atoms with Gasteiger partial charge in [0.15, 0.2) is 0 Å². The maximum Gasteiger partial charge on any atom is 0.492 e. The number of aromatic amines is 1. The third-order valence-electron chi connectivity index (χ3n) is 5.72. The molecule has 164 valence electrons. The van der Waals surface area contributed by atoms with Crippen LogP contribution in [0.5, 0.6) is 0 Å². The van der Waals surface area contributed by atoms with Crippen LogP contribution in [0.3, 0.4) is 0 Å². The molecule has 8 heteroatoms. The summed E-state index contributed by atoms with van der Waals surface area (Å²) in [5, 5.41) is 2.77. The van der Waals surface area contributed by atoms with Crippen LogP contribution in [0.4, 0.5) is 4.79 Å². The Kier molecular flexibility index (Phi) is 6.72. The Balaban J connectivity index is 1.75. The van der Waals surface area contributed by atoms with Gasteiger partial charge in [-0.05, 0) is 56.8 Å². The molecule has 3 rings (SSSR count). The molecule has 31 heavy (non-hydrogen) atoms. The number of H-pyrrole nitrogens is 1. The van der Waals surface area contributed by atoms with Gasteiger partial charge in [-0.3, -0.25) is 4.79 Å². The molecule has 1 saturated heterocycles. The first-order chi connectivity index (χ1) is 14.6. The third kappa shape index (κ3) is 5.65. The molecule has 1 aromatic heterocycles. The van der Waals surface area contributed by atoms with Crippen LogP contribution in [-0.2, 0) is 20.7 Å². The van der Waals surface area contributed by atoms with Crippen molar-refractivity contribution in [1.82, 2.24) is 10.3 Å². The lowest BCUT2D eigenvalue weighted by Crippen LogP contribution is -2.41. The molecule has 0 spiro atoms. The molecule has 1 aliphatic rings. The van der Waals surface area contributed by atoms with E-state index in [0.717, 1.165) is 16.7 Å². The van der Waals surface area contributed by atoms with Gasteiger partial charge in [0.25, 0.3) is 0 Å². The Morgan fingerprint density at radius 3 is 2.42 bits per heavy atom. The van der Waals surface area contributed by atoms with E-state index in [4.69, 9.17) is 14.0 Å². The average molecular weight is 424 g/mol. The molecule has 1 fully saturated rings. The highest BCUT2D eigenvalue weighted by atomic mass is 16.7. The number of nitrogens with one attached hydrogen (secondary N) is 2. The lowest BCUT2D eigenvalue weighted by atomic mass is 9.77. The summed E-state index contributed by atoms with van der Waals surface area (Å²) in [6, 6.07) is 11.0. The van der Waals surface area contributed by atoms with Crippen molar-refractivity contribution in [2.24, 2.45) is 0 Å². The predicted octanol–water partition coefficient (Wildman–Crippen LogP) is 3.62. The van der Waals surface area contributed by atoms with E-state index in [9.17, 15) is 9.59 Å². The first-order valence-corrected chi connectivity index (χ1v) is 10.3. The summed E-state index contributed by atoms with van der Waals surface area (Å²) >= 11 is 0. The van der Waals surface area contributed by atoms with Crippen molar-refractivity contribution in [3.8, 4) is 0 Å². The van der Waals surface area contributed by atoms with Gasteiger partial charge in [-0.1, -0.05) is 36.4 Å². The molecule has 2 N–H and O–H groups in total. The second-order valence-electron chi connectivity index (χ2n) is 8.66. The van der Waals surface area contributed by atoms with Crippen LogP contribution in [0.25, 0.3) is 6.08 Å². The fourth-order valence-electron chi connectivity index (χ4n) is 3.08. The molecule has 0 radical (unpaired) electrons. The molecule has 0 aliphatic carbocycles. The molecule has 7 nitrogen and oxygen atoms in total. The molecule has 1 aromatic carbocycles. The van der Waals surface area contributed by atoms with Gasteiger partial charge < -0.3 is 24.3 Å². The number of ether oxygens (including phenoxy) is 1. The zero-order chi connectivity index (χ0) is 22.6. The predicted molar refractivity (Wildman–Crippen MR) is 120 cm³/mol. The maximum atomic E-state index is 12.3. The highest BCUT2D eigenvalue weighted by molar-refractivity contribution is 6.56. The van der Waals surface area contributed by atoms with E-state index in [1.54, 1.807) is 6.20 Å². The van der Waals surface area contributed by atoms with Gasteiger partial charge >= 0.3 is 13.2 Å². The normalized spacial score (nSPS) is 17.5. The topological polar surface area (TPSA) is 89.7 Å². The van der Waals surface area contributed by atoms with Crippen LogP contribution in [0.2, 0.25) is 0 Å². The number of pyridine rings is 1. The van der Waals surface area contributed by atoms with E-state index < -0.39 is 24.4 Å². The number of aryl methyl sites for hydroxylation is 1. The van der Waals surface area contributed by atoms with Crippen molar-refractivity contribution in [3.05, 3.63) is 75.1 Å². The number of hydrogen-bond acceptors (Lipinski definition) is 5. The van der Waals surface area contributed by atoms with Crippen LogP contribution in [-0.4, -0.2) is 35.9 Å². The van der Waals surface area contributed by atoms with Crippen LogP contribution in [0, 0.1) is 6.92 Å². The van der Waals surface area contributed by atoms with Crippen molar-refractivity contribution < 1.29 is 18.8 Å². The summed E-state index contributed by atoms with van der Waals surface area (Å²) in [4.78, 5) is 26.5. The Bertz CT molecular complexity index is 998. The largest absolute Gasteiger partial charge is 0.492 e. The van der Waals surface area contributed by atoms with Crippen molar-refractivity contribution in [3.63, 3.8) is 0 Å². The van der Waals surface area contributed by atoms with Crippen LogP contribution in [0.15, 0.2) is 52.9 Å². The Hall–Kier alpha value is -2.84. The van der Waals surface area contributed by atoms with Gasteiger partial charge in [0.2, 0.25) is 5.56 Å². The molecule has 1 aliphatic heterocycles. The van der Waals surface area contributed by atoms with Crippen LogP contribution >= 0.6 is 0 Å². The first-order valence-electron chi connectivity index (χ1n) is 10.3. The number of benzene rings is 1. The second-order valence-corrected chi connectivity index (χ2v) is 8.66. The zero-order valence-corrected chi connectivity index (χ0v) is 18.7. The lowest BCUT2D eigenvalue weighted by Gasteiger charge is -2.32. The highest BCUT2D eigenvalue weighted by Gasteiger charge is 2.52. The molecular weight excluding hydrogens is 395 g/mol. The minimum Gasteiger partial charge on any atom is -0.445 e. The van der Waals surface area contributed by atoms with Crippen molar-refractivity contribution >= 4 is 19.3 Å². The van der Waals surface area contributed by atoms with Gasteiger partial charge in [0.05, 0.1) is 11.2 Å². The third-order valence-corrected chi connectivity index (χ3v) is 5.72. The van der Waals surface area contributed by atoms with E-state index in [2.05, 4.69) is 10.3 Å². The summed E-state index contributed by atoms with van der Waals surface area (Å²) in [5.74, 6) is 0. The number of rotatable bonds is 6. The number of aromatic nitrogens is 1. The summed E-state index contributed by atoms with van der Waals surface area (Å²) in [6.07, 6.45) is 2.96. The SMILES string of the molecule is Cc1cc(=O)[nH]cc1C=C(CNC(=O)OCc1ccccc1)B1OC(C)(C)C(C)(C)O1. The summed E-state index contributed by atoms with van der Waals surface area (Å²) in [5.41, 5.74) is 2.02. The van der Waals surface area contributed by atoms with E-state index >= 15 is 0 Å². The molecule has 0 bridgehead atoms. The highest BCUT2D eigenvalue weighted by Crippen LogP contribution is 2.38. The van der Waals surface area contributed by atoms with E-state index in [1.807, 2.05) is 71.0 Å². The van der Waals surface area contributed by atoms with Crippen LogP contribution < -0.4 is 10.9 Å². The zero-order valence-electron chi connectivity index (χ0n) is 18.7. The number of alkyl carbamates (subject to hydrolysis) is 1. The molecule has 2 aromatic rings. The fourth-order valence-corrected chi connectivity index (χ4v) is 3.08. The average Bonchev–Trinajstić information content (AvgIpc) is 2.93. The van der Waals surface area contributed by atoms with Crippen molar-refractivity contribution in [2.75, 3.05) is 6.54 Å². The first kappa shape index (κ1) is 22.8. The Labute approximate surface area is 182 Å². The quantitative estimate of drug-likeness (QED) is 0.692. The van der Waals surface area contributed by atoms with Gasteiger partial charge in [0, 0.05) is 18.8 Å². The number of amides is 1. The fraction of sp³-hybridized carbons (Fsp3) is 0.391. The molecule has 0 atom stereocenters. The van der Waals surface area contributed by atoms with Gasteiger partial charge in [0.1, 0.15) is 6.61 Å². The second kappa shape index (κ2) is 9.12. The smallest absolute Gasteiger partial charge is 0.445 e.